The molecule has 0 fully saturated rings. The van der Waals surface area contributed by atoms with Crippen molar-refractivity contribution in [3.63, 3.8) is 0 Å². The quantitative estimate of drug-likeness (QED) is 0.350. The molecule has 0 amide bonds. The van der Waals surface area contributed by atoms with Crippen LogP contribution in [-0.4, -0.2) is 44.6 Å². The number of aliphatic imine (C=N–C) groups is 1. The predicted molar refractivity (Wildman–Crippen MR) is 91.3 cm³/mol. The van der Waals surface area contributed by atoms with E-state index in [9.17, 15) is 9.18 Å². The highest BCUT2D eigenvalue weighted by Gasteiger charge is 2.08. The molecule has 0 spiro atoms. The fourth-order valence-electron chi connectivity index (χ4n) is 1.75. The molecule has 0 radical (unpaired) electrons. The Kier molecular flexibility index (Phi) is 9.68. The molecule has 0 unspecified atom stereocenters. The molecule has 0 atom stereocenters. The molecular formula is C14H21FIN3O2. The summed E-state index contributed by atoms with van der Waals surface area (Å²) < 4.78 is 17.7. The van der Waals surface area contributed by atoms with Crippen molar-refractivity contribution in [1.29, 1.82) is 0 Å². The van der Waals surface area contributed by atoms with E-state index >= 15 is 0 Å². The summed E-state index contributed by atoms with van der Waals surface area (Å²) in [4.78, 5) is 17.0. The highest BCUT2D eigenvalue weighted by molar-refractivity contribution is 14.0. The van der Waals surface area contributed by atoms with Crippen LogP contribution in [0.25, 0.3) is 0 Å². The molecule has 5 nitrogen and oxygen atoms in total. The average Bonchev–Trinajstić information content (AvgIpc) is 2.43. The standard InChI is InChI=1S/C14H20FN3O2.HI/c1-16-14(17-8-7-13(19)20-3)18(2)10-11-5-4-6-12(15)9-11;/h4-6,9H,7-8,10H2,1-3H3,(H,16,17);1H. The Morgan fingerprint density at radius 2 is 2.19 bits per heavy atom. The van der Waals surface area contributed by atoms with E-state index in [2.05, 4.69) is 15.0 Å². The molecule has 0 bridgehead atoms. The van der Waals surface area contributed by atoms with E-state index in [0.29, 0.717) is 19.0 Å². The van der Waals surface area contributed by atoms with Gasteiger partial charge in [-0.3, -0.25) is 9.79 Å². The highest BCUT2D eigenvalue weighted by Crippen LogP contribution is 2.06. The third-order valence-electron chi connectivity index (χ3n) is 2.72. The number of guanidine groups is 1. The molecule has 0 saturated carbocycles. The van der Waals surface area contributed by atoms with E-state index in [1.54, 1.807) is 13.1 Å². The smallest absolute Gasteiger partial charge is 0.307 e. The highest BCUT2D eigenvalue weighted by atomic mass is 127. The number of esters is 1. The molecule has 0 saturated heterocycles. The summed E-state index contributed by atoms with van der Waals surface area (Å²) in [6.07, 6.45) is 0.267. The maximum atomic E-state index is 13.1. The third kappa shape index (κ3) is 7.26. The topological polar surface area (TPSA) is 53.9 Å². The second-order valence-corrected chi connectivity index (χ2v) is 4.29. The first-order valence-corrected chi connectivity index (χ1v) is 6.30. The first-order valence-electron chi connectivity index (χ1n) is 6.30. The summed E-state index contributed by atoms with van der Waals surface area (Å²) in [6.45, 7) is 0.961. The molecule has 0 aliphatic heterocycles. The molecule has 21 heavy (non-hydrogen) atoms. The van der Waals surface area contributed by atoms with Crippen LogP contribution in [0.4, 0.5) is 4.39 Å². The monoisotopic (exact) mass is 409 g/mol. The lowest BCUT2D eigenvalue weighted by molar-refractivity contribution is -0.140. The van der Waals surface area contributed by atoms with Gasteiger partial charge in [-0.05, 0) is 17.7 Å². The van der Waals surface area contributed by atoms with Gasteiger partial charge in [0.1, 0.15) is 5.82 Å². The molecule has 0 aromatic heterocycles. The van der Waals surface area contributed by atoms with Gasteiger partial charge < -0.3 is 15.0 Å². The van der Waals surface area contributed by atoms with E-state index in [1.807, 2.05) is 18.0 Å². The maximum Gasteiger partial charge on any atom is 0.307 e. The largest absolute Gasteiger partial charge is 0.469 e. The van der Waals surface area contributed by atoms with E-state index < -0.39 is 0 Å². The van der Waals surface area contributed by atoms with Crippen molar-refractivity contribution in [2.45, 2.75) is 13.0 Å². The fraction of sp³-hybridized carbons (Fsp3) is 0.429. The Morgan fingerprint density at radius 3 is 2.76 bits per heavy atom. The van der Waals surface area contributed by atoms with E-state index in [1.165, 1.54) is 19.2 Å². The lowest BCUT2D eigenvalue weighted by Gasteiger charge is -2.22. The molecule has 1 aromatic rings. The minimum atomic E-state index is -0.277. The van der Waals surface area contributed by atoms with Gasteiger partial charge in [-0.2, -0.15) is 0 Å². The van der Waals surface area contributed by atoms with Gasteiger partial charge in [-0.25, -0.2) is 4.39 Å². The summed E-state index contributed by atoms with van der Waals surface area (Å²) in [5.74, 6) is 0.100. The number of hydrogen-bond acceptors (Lipinski definition) is 3. The van der Waals surface area contributed by atoms with Crippen LogP contribution in [0.15, 0.2) is 29.3 Å². The second kappa shape index (κ2) is 10.4. The summed E-state index contributed by atoms with van der Waals surface area (Å²) in [5.41, 5.74) is 0.850. The van der Waals surface area contributed by atoms with Gasteiger partial charge in [-0.1, -0.05) is 12.1 Å². The van der Waals surface area contributed by atoms with Crippen molar-refractivity contribution in [2.24, 2.45) is 4.99 Å². The zero-order valence-electron chi connectivity index (χ0n) is 12.4. The Hall–Kier alpha value is -1.38. The molecule has 118 valence electrons. The van der Waals surface area contributed by atoms with E-state index in [0.717, 1.165) is 5.56 Å². The number of nitrogens with one attached hydrogen (secondary N) is 1. The summed E-state index contributed by atoms with van der Waals surface area (Å²) in [7, 11) is 4.86. The normalized spacial score (nSPS) is 10.6. The van der Waals surface area contributed by atoms with Crippen LogP contribution in [0, 0.1) is 5.82 Å². The van der Waals surface area contributed by atoms with Crippen molar-refractivity contribution in [3.05, 3.63) is 35.6 Å². The van der Waals surface area contributed by atoms with Crippen LogP contribution in [0.5, 0.6) is 0 Å². The third-order valence-corrected chi connectivity index (χ3v) is 2.72. The van der Waals surface area contributed by atoms with Gasteiger partial charge in [0.05, 0.1) is 13.5 Å². The molecule has 1 aromatic carbocycles. The summed E-state index contributed by atoms with van der Waals surface area (Å²) in [5, 5.41) is 3.05. The zero-order valence-corrected chi connectivity index (χ0v) is 14.8. The maximum absolute atomic E-state index is 13.1. The number of benzene rings is 1. The van der Waals surface area contributed by atoms with Crippen molar-refractivity contribution < 1.29 is 13.9 Å². The first kappa shape index (κ1) is 19.6. The zero-order chi connectivity index (χ0) is 15.0. The number of rotatable bonds is 5. The number of carbonyl (C=O) groups is 1. The van der Waals surface area contributed by atoms with E-state index in [-0.39, 0.29) is 42.2 Å². The van der Waals surface area contributed by atoms with E-state index in [4.69, 9.17) is 0 Å². The Morgan fingerprint density at radius 1 is 1.48 bits per heavy atom. The van der Waals surface area contributed by atoms with Crippen molar-refractivity contribution in [2.75, 3.05) is 27.7 Å². The molecule has 0 aliphatic carbocycles. The van der Waals surface area contributed by atoms with Gasteiger partial charge >= 0.3 is 5.97 Å². The van der Waals surface area contributed by atoms with Gasteiger partial charge in [0.15, 0.2) is 5.96 Å². The first-order chi connectivity index (χ1) is 9.56. The minimum absolute atomic E-state index is 0. The van der Waals surface area contributed by atoms with Crippen molar-refractivity contribution in [3.8, 4) is 0 Å². The van der Waals surface area contributed by atoms with Crippen molar-refractivity contribution in [1.82, 2.24) is 10.2 Å². The van der Waals surface area contributed by atoms with Crippen LogP contribution < -0.4 is 5.32 Å². The number of ether oxygens (including phenoxy) is 1. The SMILES string of the molecule is CN=C(NCCC(=O)OC)N(C)Cc1cccc(F)c1.I. The second-order valence-electron chi connectivity index (χ2n) is 4.29. The molecule has 7 heteroatoms. The van der Waals surface area contributed by atoms with Gasteiger partial charge in [-0.15, -0.1) is 24.0 Å². The number of halogens is 2. The average molecular weight is 409 g/mol. The number of carbonyl (C=O) groups excluding carboxylic acids is 1. The summed E-state index contributed by atoms with van der Waals surface area (Å²) >= 11 is 0. The molecular weight excluding hydrogens is 388 g/mol. The fourth-order valence-corrected chi connectivity index (χ4v) is 1.75. The number of methoxy groups -OCH3 is 1. The Labute approximate surface area is 141 Å². The number of nitrogens with zero attached hydrogens (tertiary/aromatic N) is 2. The minimum Gasteiger partial charge on any atom is -0.469 e. The van der Waals surface area contributed by atoms with Gasteiger partial charge in [0.2, 0.25) is 0 Å². The van der Waals surface area contributed by atoms with Gasteiger partial charge in [0.25, 0.3) is 0 Å². The van der Waals surface area contributed by atoms with Gasteiger partial charge in [0, 0.05) is 27.2 Å². The molecule has 1 N–H and O–H groups in total. The number of hydrogen-bond donors (Lipinski definition) is 1. The van der Waals surface area contributed by atoms with Crippen LogP contribution in [0.2, 0.25) is 0 Å². The lowest BCUT2D eigenvalue weighted by Crippen LogP contribution is -2.39. The van der Waals surface area contributed by atoms with Crippen LogP contribution in [-0.2, 0) is 16.1 Å². The Bertz CT molecular complexity index is 483. The Balaban J connectivity index is 0.00000400. The lowest BCUT2D eigenvalue weighted by atomic mass is 10.2. The van der Waals surface area contributed by atoms with Crippen molar-refractivity contribution >= 4 is 35.9 Å². The summed E-state index contributed by atoms with van der Waals surface area (Å²) in [6, 6.07) is 6.42. The predicted octanol–water partition coefficient (Wildman–Crippen LogP) is 2.01. The van der Waals surface area contributed by atoms with Crippen LogP contribution >= 0.6 is 24.0 Å². The van der Waals surface area contributed by atoms with Crippen LogP contribution in [0.3, 0.4) is 0 Å². The molecule has 1 rings (SSSR count). The van der Waals surface area contributed by atoms with Crippen LogP contribution in [0.1, 0.15) is 12.0 Å². The molecule has 0 heterocycles. The molecule has 0 aliphatic rings.